The molecule has 0 aliphatic carbocycles. The Balaban J connectivity index is 1.70. The van der Waals surface area contributed by atoms with Crippen molar-refractivity contribution in [2.75, 3.05) is 25.6 Å². The highest BCUT2D eigenvalue weighted by Gasteiger charge is 2.13. The molecule has 0 bridgehead atoms. The molecule has 2 aromatic rings. The van der Waals surface area contributed by atoms with Crippen LogP contribution in [-0.2, 0) is 14.3 Å². The maximum atomic E-state index is 12.1. The normalized spacial score (nSPS) is 9.97. The Kier molecular flexibility index (Phi) is 7.66. The molecule has 0 fully saturated rings. The van der Waals surface area contributed by atoms with Gasteiger partial charge in [0.25, 0.3) is 17.5 Å². The van der Waals surface area contributed by atoms with E-state index in [2.05, 4.69) is 10.6 Å². The van der Waals surface area contributed by atoms with Gasteiger partial charge < -0.3 is 20.1 Å². The maximum Gasteiger partial charge on any atom is 0.308 e. The molecule has 0 saturated heterocycles. The minimum Gasteiger partial charge on any atom is -0.496 e. The monoisotopic (exact) mass is 401 g/mol. The Labute approximate surface area is 166 Å². The van der Waals surface area contributed by atoms with Crippen molar-refractivity contribution in [1.82, 2.24) is 5.32 Å². The van der Waals surface area contributed by atoms with Crippen LogP contribution >= 0.6 is 0 Å². The van der Waals surface area contributed by atoms with E-state index in [1.807, 2.05) is 0 Å². The number of esters is 1. The highest BCUT2D eigenvalue weighted by molar-refractivity contribution is 5.97. The van der Waals surface area contributed by atoms with Crippen LogP contribution in [0.2, 0.25) is 0 Å². The molecule has 2 aromatic carbocycles. The minimum atomic E-state index is -0.663. The summed E-state index contributed by atoms with van der Waals surface area (Å²) >= 11 is 0. The first-order chi connectivity index (χ1) is 13.9. The SMILES string of the molecule is COc1ccccc1C(=O)NCCC(=O)OCC(=O)Nc1ccc([N+](=O)[O-])cc1. The maximum absolute atomic E-state index is 12.1. The van der Waals surface area contributed by atoms with Crippen molar-refractivity contribution in [2.45, 2.75) is 6.42 Å². The second-order valence-electron chi connectivity index (χ2n) is 5.72. The highest BCUT2D eigenvalue weighted by Crippen LogP contribution is 2.17. The number of benzene rings is 2. The third-order valence-corrected chi connectivity index (χ3v) is 3.69. The molecule has 0 atom stereocenters. The van der Waals surface area contributed by atoms with Gasteiger partial charge in [-0.05, 0) is 24.3 Å². The number of methoxy groups -OCH3 is 1. The largest absolute Gasteiger partial charge is 0.496 e. The van der Waals surface area contributed by atoms with Crippen LogP contribution in [-0.4, -0.2) is 43.0 Å². The van der Waals surface area contributed by atoms with Gasteiger partial charge in [-0.15, -0.1) is 0 Å². The number of carbonyl (C=O) groups is 3. The summed E-state index contributed by atoms with van der Waals surface area (Å²) in [6.07, 6.45) is -0.119. The van der Waals surface area contributed by atoms with Gasteiger partial charge in [0.05, 0.1) is 24.0 Å². The first-order valence-corrected chi connectivity index (χ1v) is 8.52. The third kappa shape index (κ3) is 6.61. The van der Waals surface area contributed by atoms with Crippen LogP contribution in [0.15, 0.2) is 48.5 Å². The molecule has 2 amide bonds. The summed E-state index contributed by atoms with van der Waals surface area (Å²) in [7, 11) is 1.45. The number of nitro benzene ring substituents is 1. The molecule has 0 spiro atoms. The molecule has 152 valence electrons. The molecule has 0 radical (unpaired) electrons. The smallest absolute Gasteiger partial charge is 0.308 e. The van der Waals surface area contributed by atoms with E-state index in [9.17, 15) is 24.5 Å². The van der Waals surface area contributed by atoms with Gasteiger partial charge in [0.15, 0.2) is 6.61 Å². The number of carbonyl (C=O) groups excluding carboxylic acids is 3. The Morgan fingerprint density at radius 3 is 2.41 bits per heavy atom. The number of amides is 2. The Hall–Kier alpha value is -3.95. The lowest BCUT2D eigenvalue weighted by atomic mass is 10.2. The number of nitrogens with zero attached hydrogens (tertiary/aromatic N) is 1. The van der Waals surface area contributed by atoms with E-state index >= 15 is 0 Å². The summed E-state index contributed by atoms with van der Waals surface area (Å²) in [5.74, 6) is -1.24. The highest BCUT2D eigenvalue weighted by atomic mass is 16.6. The Bertz CT molecular complexity index is 897. The Morgan fingerprint density at radius 2 is 1.76 bits per heavy atom. The molecule has 0 heterocycles. The fourth-order valence-corrected chi connectivity index (χ4v) is 2.29. The number of ether oxygens (including phenoxy) is 2. The molecule has 0 aromatic heterocycles. The first kappa shape index (κ1) is 21.4. The lowest BCUT2D eigenvalue weighted by molar-refractivity contribution is -0.384. The molecule has 10 heteroatoms. The summed E-state index contributed by atoms with van der Waals surface area (Å²) in [6.45, 7) is -0.490. The standard InChI is InChI=1S/C19H19N3O7/c1-28-16-5-3-2-4-15(16)19(25)20-11-10-18(24)29-12-17(23)21-13-6-8-14(9-7-13)22(26)27/h2-9H,10-12H2,1H3,(H,20,25)(H,21,23). The average molecular weight is 401 g/mol. The van der Waals surface area contributed by atoms with Crippen molar-refractivity contribution in [1.29, 1.82) is 0 Å². The Morgan fingerprint density at radius 1 is 1.07 bits per heavy atom. The number of anilines is 1. The zero-order chi connectivity index (χ0) is 21.2. The van der Waals surface area contributed by atoms with Crippen LogP contribution in [0.5, 0.6) is 5.75 Å². The van der Waals surface area contributed by atoms with E-state index in [0.29, 0.717) is 17.0 Å². The van der Waals surface area contributed by atoms with E-state index in [4.69, 9.17) is 9.47 Å². The van der Waals surface area contributed by atoms with Crippen LogP contribution in [0.1, 0.15) is 16.8 Å². The van der Waals surface area contributed by atoms with Gasteiger partial charge in [-0.2, -0.15) is 0 Å². The van der Waals surface area contributed by atoms with E-state index in [1.54, 1.807) is 24.3 Å². The summed E-state index contributed by atoms with van der Waals surface area (Å²) in [4.78, 5) is 45.6. The minimum absolute atomic E-state index is 0.0275. The molecule has 2 N–H and O–H groups in total. The zero-order valence-corrected chi connectivity index (χ0v) is 15.5. The number of hydrogen-bond acceptors (Lipinski definition) is 7. The van der Waals surface area contributed by atoms with Gasteiger partial charge in [0.1, 0.15) is 5.75 Å². The molecule has 0 saturated carbocycles. The number of nitro groups is 1. The van der Waals surface area contributed by atoms with Crippen molar-refractivity contribution in [3.8, 4) is 5.75 Å². The van der Waals surface area contributed by atoms with Gasteiger partial charge in [0, 0.05) is 24.4 Å². The van der Waals surface area contributed by atoms with Crippen molar-refractivity contribution in [2.24, 2.45) is 0 Å². The topological polar surface area (TPSA) is 137 Å². The molecular weight excluding hydrogens is 382 g/mol. The van der Waals surface area contributed by atoms with Crippen LogP contribution in [0, 0.1) is 10.1 Å². The van der Waals surface area contributed by atoms with Crippen molar-refractivity contribution < 1.29 is 28.8 Å². The fourth-order valence-electron chi connectivity index (χ4n) is 2.29. The summed E-state index contributed by atoms with van der Waals surface area (Å²) < 4.78 is 9.93. The first-order valence-electron chi connectivity index (χ1n) is 8.52. The van der Waals surface area contributed by atoms with E-state index in [0.717, 1.165) is 0 Å². The van der Waals surface area contributed by atoms with Crippen molar-refractivity contribution >= 4 is 29.2 Å². The van der Waals surface area contributed by atoms with Gasteiger partial charge in [-0.1, -0.05) is 12.1 Å². The number of hydrogen-bond donors (Lipinski definition) is 2. The molecule has 2 rings (SSSR count). The molecule has 10 nitrogen and oxygen atoms in total. The fraction of sp³-hybridized carbons (Fsp3) is 0.211. The van der Waals surface area contributed by atoms with Gasteiger partial charge >= 0.3 is 5.97 Å². The van der Waals surface area contributed by atoms with Gasteiger partial charge in [-0.25, -0.2) is 0 Å². The lowest BCUT2D eigenvalue weighted by Gasteiger charge is -2.09. The van der Waals surface area contributed by atoms with Gasteiger partial charge in [-0.3, -0.25) is 24.5 Å². The molecular formula is C19H19N3O7. The zero-order valence-electron chi connectivity index (χ0n) is 15.5. The third-order valence-electron chi connectivity index (χ3n) is 3.69. The number of non-ortho nitro benzene ring substituents is 1. The summed E-state index contributed by atoms with van der Waals surface area (Å²) in [5, 5.41) is 15.6. The van der Waals surface area contributed by atoms with E-state index in [1.165, 1.54) is 31.4 Å². The molecule has 29 heavy (non-hydrogen) atoms. The number of rotatable bonds is 9. The number of para-hydroxylation sites is 1. The lowest BCUT2D eigenvalue weighted by Crippen LogP contribution is -2.28. The summed E-state index contributed by atoms with van der Waals surface area (Å²) in [6, 6.07) is 11.9. The van der Waals surface area contributed by atoms with Crippen LogP contribution in [0.25, 0.3) is 0 Å². The van der Waals surface area contributed by atoms with Gasteiger partial charge in [0.2, 0.25) is 0 Å². The number of nitrogens with one attached hydrogen (secondary N) is 2. The molecule has 0 aliphatic heterocycles. The predicted molar refractivity (Wildman–Crippen MR) is 103 cm³/mol. The molecule has 0 unspecified atom stereocenters. The van der Waals surface area contributed by atoms with E-state index < -0.39 is 29.3 Å². The van der Waals surface area contributed by atoms with Crippen molar-refractivity contribution in [3.63, 3.8) is 0 Å². The van der Waals surface area contributed by atoms with Crippen molar-refractivity contribution in [3.05, 3.63) is 64.2 Å². The predicted octanol–water partition coefficient (Wildman–Crippen LogP) is 1.91. The molecule has 0 aliphatic rings. The quantitative estimate of drug-likeness (QED) is 0.372. The average Bonchev–Trinajstić information content (AvgIpc) is 2.72. The van der Waals surface area contributed by atoms with Crippen LogP contribution in [0.4, 0.5) is 11.4 Å². The second-order valence-corrected chi connectivity index (χ2v) is 5.72. The summed E-state index contributed by atoms with van der Waals surface area (Å²) in [5.41, 5.74) is 0.566. The van der Waals surface area contributed by atoms with Crippen LogP contribution < -0.4 is 15.4 Å². The van der Waals surface area contributed by atoms with Crippen LogP contribution in [0.3, 0.4) is 0 Å². The second kappa shape index (κ2) is 10.4. The van der Waals surface area contributed by atoms with E-state index in [-0.39, 0.29) is 18.7 Å².